The van der Waals surface area contributed by atoms with Crippen molar-refractivity contribution in [1.29, 1.82) is 0 Å². The summed E-state index contributed by atoms with van der Waals surface area (Å²) in [6.07, 6.45) is 6.77. The SMILES string of the molecule is CN(Cc1csc(Br)c1)C(=O)C1CC2C=CC1C2. The van der Waals surface area contributed by atoms with Crippen LogP contribution in [0.3, 0.4) is 0 Å². The molecule has 3 unspecified atom stereocenters. The van der Waals surface area contributed by atoms with Crippen molar-refractivity contribution in [3.8, 4) is 0 Å². The molecule has 0 saturated heterocycles. The molecule has 1 aromatic heterocycles. The minimum absolute atomic E-state index is 0.229. The van der Waals surface area contributed by atoms with E-state index in [-0.39, 0.29) is 5.92 Å². The number of hydrogen-bond donors (Lipinski definition) is 0. The molecule has 1 heterocycles. The molecule has 1 amide bonds. The molecule has 4 heteroatoms. The maximum atomic E-state index is 12.4. The van der Waals surface area contributed by atoms with Crippen LogP contribution in [0.25, 0.3) is 0 Å². The molecule has 0 aromatic carbocycles. The number of amides is 1. The second kappa shape index (κ2) is 4.82. The van der Waals surface area contributed by atoms with E-state index < -0.39 is 0 Å². The standard InChI is InChI=1S/C14H16BrNOS/c1-16(7-10-6-13(15)18-8-10)14(17)12-5-9-2-3-11(12)4-9/h2-3,6,8-9,11-12H,4-5,7H2,1H3. The first-order valence-electron chi connectivity index (χ1n) is 6.29. The van der Waals surface area contributed by atoms with Crippen LogP contribution in [-0.4, -0.2) is 17.9 Å². The first kappa shape index (κ1) is 12.4. The van der Waals surface area contributed by atoms with Crippen LogP contribution >= 0.6 is 27.3 Å². The van der Waals surface area contributed by atoms with E-state index in [1.165, 1.54) is 12.0 Å². The number of hydrogen-bond acceptors (Lipinski definition) is 2. The fourth-order valence-corrected chi connectivity index (χ4v) is 4.33. The largest absolute Gasteiger partial charge is 0.341 e. The second-order valence-electron chi connectivity index (χ2n) is 5.34. The van der Waals surface area contributed by atoms with Gasteiger partial charge in [-0.25, -0.2) is 0 Å². The zero-order chi connectivity index (χ0) is 12.7. The average Bonchev–Trinajstić information content (AvgIpc) is 3.04. The highest BCUT2D eigenvalue weighted by atomic mass is 79.9. The molecule has 2 bridgehead atoms. The smallest absolute Gasteiger partial charge is 0.226 e. The predicted molar refractivity (Wildman–Crippen MR) is 77.3 cm³/mol. The van der Waals surface area contributed by atoms with Crippen molar-refractivity contribution >= 4 is 33.2 Å². The Balaban J connectivity index is 1.64. The van der Waals surface area contributed by atoms with Gasteiger partial charge in [0.05, 0.1) is 3.79 Å². The van der Waals surface area contributed by atoms with E-state index in [0.29, 0.717) is 17.7 Å². The van der Waals surface area contributed by atoms with Crippen LogP contribution in [0.2, 0.25) is 0 Å². The van der Waals surface area contributed by atoms with Crippen molar-refractivity contribution in [2.45, 2.75) is 19.4 Å². The zero-order valence-corrected chi connectivity index (χ0v) is 12.7. The van der Waals surface area contributed by atoms with Gasteiger partial charge in [-0.15, -0.1) is 11.3 Å². The van der Waals surface area contributed by atoms with Crippen LogP contribution in [0.5, 0.6) is 0 Å². The van der Waals surface area contributed by atoms with Crippen molar-refractivity contribution < 1.29 is 4.79 Å². The third-order valence-corrected chi connectivity index (χ3v) is 5.57. The second-order valence-corrected chi connectivity index (χ2v) is 7.63. The topological polar surface area (TPSA) is 20.3 Å². The lowest BCUT2D eigenvalue weighted by Crippen LogP contribution is -2.34. The number of halogens is 1. The van der Waals surface area contributed by atoms with Crippen LogP contribution < -0.4 is 0 Å². The molecule has 1 fully saturated rings. The van der Waals surface area contributed by atoms with Crippen LogP contribution in [0.1, 0.15) is 18.4 Å². The molecule has 0 aliphatic heterocycles. The first-order valence-corrected chi connectivity index (χ1v) is 7.97. The number of nitrogens with zero attached hydrogens (tertiary/aromatic N) is 1. The van der Waals surface area contributed by atoms with Crippen LogP contribution in [0.15, 0.2) is 27.4 Å². The van der Waals surface area contributed by atoms with Crippen LogP contribution in [-0.2, 0) is 11.3 Å². The minimum atomic E-state index is 0.229. The molecular formula is C14H16BrNOS. The van der Waals surface area contributed by atoms with Crippen molar-refractivity contribution in [3.05, 3.63) is 32.9 Å². The summed E-state index contributed by atoms with van der Waals surface area (Å²) in [7, 11) is 1.92. The maximum Gasteiger partial charge on any atom is 0.226 e. The number of allylic oxidation sites excluding steroid dienone is 2. The fraction of sp³-hybridized carbons (Fsp3) is 0.500. The summed E-state index contributed by atoms with van der Waals surface area (Å²) < 4.78 is 1.13. The van der Waals surface area contributed by atoms with Crippen LogP contribution in [0, 0.1) is 17.8 Å². The Kier molecular flexibility index (Phi) is 3.32. The minimum Gasteiger partial charge on any atom is -0.341 e. The molecule has 2 aliphatic rings. The molecule has 18 heavy (non-hydrogen) atoms. The van der Waals surface area contributed by atoms with Crippen LogP contribution in [0.4, 0.5) is 0 Å². The van der Waals surface area contributed by atoms with Gasteiger partial charge >= 0.3 is 0 Å². The fourth-order valence-electron chi connectivity index (χ4n) is 3.13. The monoisotopic (exact) mass is 325 g/mol. The zero-order valence-electron chi connectivity index (χ0n) is 10.3. The lowest BCUT2D eigenvalue weighted by Gasteiger charge is -2.24. The van der Waals surface area contributed by atoms with Gasteiger partial charge in [-0.2, -0.15) is 0 Å². The summed E-state index contributed by atoms with van der Waals surface area (Å²) in [6.45, 7) is 0.721. The third kappa shape index (κ3) is 2.28. The summed E-state index contributed by atoms with van der Waals surface area (Å²) in [5.74, 6) is 1.70. The summed E-state index contributed by atoms with van der Waals surface area (Å²) in [5, 5.41) is 2.11. The molecule has 2 nitrogen and oxygen atoms in total. The highest BCUT2D eigenvalue weighted by Gasteiger charge is 2.40. The highest BCUT2D eigenvalue weighted by Crippen LogP contribution is 2.44. The summed E-state index contributed by atoms with van der Waals surface area (Å²) in [6, 6.07) is 2.09. The van der Waals surface area contributed by atoms with Gasteiger partial charge in [0.1, 0.15) is 0 Å². The number of carbonyl (C=O) groups excluding carboxylic acids is 1. The van der Waals surface area contributed by atoms with E-state index >= 15 is 0 Å². The van der Waals surface area contributed by atoms with Gasteiger partial charge in [0, 0.05) is 19.5 Å². The van der Waals surface area contributed by atoms with Gasteiger partial charge in [-0.05, 0) is 57.6 Å². The molecule has 3 atom stereocenters. The number of carbonyl (C=O) groups is 1. The quantitative estimate of drug-likeness (QED) is 0.776. The number of thiophene rings is 1. The summed E-state index contributed by atoms with van der Waals surface area (Å²) in [5.41, 5.74) is 1.21. The normalized spacial score (nSPS) is 28.9. The van der Waals surface area contributed by atoms with Crippen molar-refractivity contribution in [1.82, 2.24) is 4.90 Å². The Morgan fingerprint density at radius 2 is 2.33 bits per heavy atom. The number of rotatable bonds is 3. The van der Waals surface area contributed by atoms with Gasteiger partial charge in [0.25, 0.3) is 0 Å². The highest BCUT2D eigenvalue weighted by molar-refractivity contribution is 9.11. The first-order chi connectivity index (χ1) is 8.63. The van der Waals surface area contributed by atoms with Gasteiger partial charge < -0.3 is 4.90 Å². The van der Waals surface area contributed by atoms with E-state index in [4.69, 9.17) is 0 Å². The van der Waals surface area contributed by atoms with E-state index in [0.717, 1.165) is 16.8 Å². The van der Waals surface area contributed by atoms with E-state index in [1.807, 2.05) is 11.9 Å². The molecule has 2 aliphatic carbocycles. The molecule has 0 radical (unpaired) electrons. The van der Waals surface area contributed by atoms with Gasteiger partial charge in [0.2, 0.25) is 5.91 Å². The Morgan fingerprint density at radius 3 is 2.89 bits per heavy atom. The van der Waals surface area contributed by atoms with E-state index in [2.05, 4.69) is 39.5 Å². The van der Waals surface area contributed by atoms with E-state index in [1.54, 1.807) is 11.3 Å². The number of fused-ring (bicyclic) bond motifs is 2. The summed E-state index contributed by atoms with van der Waals surface area (Å²) in [4.78, 5) is 14.3. The van der Waals surface area contributed by atoms with Crippen molar-refractivity contribution in [2.75, 3.05) is 7.05 Å². The lowest BCUT2D eigenvalue weighted by atomic mass is 9.92. The molecule has 0 N–H and O–H groups in total. The van der Waals surface area contributed by atoms with Crippen molar-refractivity contribution in [2.24, 2.45) is 17.8 Å². The van der Waals surface area contributed by atoms with Crippen molar-refractivity contribution in [3.63, 3.8) is 0 Å². The molecule has 0 spiro atoms. The predicted octanol–water partition coefficient (Wildman–Crippen LogP) is 3.68. The Bertz CT molecular complexity index is 496. The molecular weight excluding hydrogens is 310 g/mol. The maximum absolute atomic E-state index is 12.4. The average molecular weight is 326 g/mol. The summed E-state index contributed by atoms with van der Waals surface area (Å²) >= 11 is 5.13. The molecule has 1 aromatic rings. The lowest BCUT2D eigenvalue weighted by molar-refractivity contribution is -0.135. The van der Waals surface area contributed by atoms with Gasteiger partial charge in [0.15, 0.2) is 0 Å². The Hall–Kier alpha value is -0.610. The Morgan fingerprint density at radius 1 is 1.50 bits per heavy atom. The molecule has 3 rings (SSSR count). The molecule has 96 valence electrons. The molecule has 1 saturated carbocycles. The third-order valence-electron chi connectivity index (χ3n) is 4.01. The Labute approximate surface area is 120 Å². The van der Waals surface area contributed by atoms with Gasteiger partial charge in [-0.1, -0.05) is 12.2 Å². The van der Waals surface area contributed by atoms with Gasteiger partial charge in [-0.3, -0.25) is 4.79 Å². The van der Waals surface area contributed by atoms with E-state index in [9.17, 15) is 4.79 Å².